The van der Waals surface area contributed by atoms with Gasteiger partial charge < -0.3 is 4.90 Å². The second-order valence-electron chi connectivity index (χ2n) is 8.05. The number of hydrogen-bond donors (Lipinski definition) is 0. The molecule has 1 saturated heterocycles. The van der Waals surface area contributed by atoms with E-state index in [4.69, 9.17) is 0 Å². The van der Waals surface area contributed by atoms with Crippen LogP contribution in [0, 0.1) is 16.7 Å². The van der Waals surface area contributed by atoms with Crippen LogP contribution in [0.1, 0.15) is 73.1 Å². The van der Waals surface area contributed by atoms with E-state index in [1.165, 1.54) is 63.5 Å². The number of rotatable bonds is 7. The van der Waals surface area contributed by atoms with Crippen molar-refractivity contribution in [2.24, 2.45) is 16.7 Å². The van der Waals surface area contributed by atoms with Crippen molar-refractivity contribution in [3.63, 3.8) is 0 Å². The van der Waals surface area contributed by atoms with E-state index in [0.29, 0.717) is 10.8 Å². The first-order valence-corrected chi connectivity index (χ1v) is 9.77. The van der Waals surface area contributed by atoms with E-state index >= 15 is 0 Å². The maximum Gasteiger partial charge on any atom is 0.0100 e. The fraction of sp³-hybridized carbons (Fsp3) is 1.00. The summed E-state index contributed by atoms with van der Waals surface area (Å²) >= 11 is 3.82. The Bertz CT molecular complexity index is 255. The van der Waals surface area contributed by atoms with Gasteiger partial charge in [0, 0.05) is 11.9 Å². The molecule has 1 aliphatic heterocycles. The van der Waals surface area contributed by atoms with Crippen LogP contribution in [0.15, 0.2) is 0 Å². The van der Waals surface area contributed by atoms with E-state index < -0.39 is 0 Å². The molecule has 0 aromatic rings. The topological polar surface area (TPSA) is 3.24 Å². The minimum atomic E-state index is 0.492. The summed E-state index contributed by atoms with van der Waals surface area (Å²) in [5, 5.41) is 1.17. The maximum absolute atomic E-state index is 3.82. The molecule has 2 heteroatoms. The third kappa shape index (κ3) is 5.33. The van der Waals surface area contributed by atoms with Gasteiger partial charge in [-0.15, -0.1) is 0 Å². The van der Waals surface area contributed by atoms with E-state index in [-0.39, 0.29) is 0 Å². The molecule has 1 fully saturated rings. The Morgan fingerprint density at radius 2 is 1.50 bits per heavy atom. The number of nitrogens with zero attached hydrogens (tertiary/aromatic N) is 1. The van der Waals surface area contributed by atoms with Crippen molar-refractivity contribution in [2.45, 2.75) is 73.1 Å². The molecule has 1 nitrogen and oxygen atoms in total. The molecule has 0 bridgehead atoms. The number of likely N-dealkylation sites (tertiary alicyclic amines) is 1. The quantitative estimate of drug-likeness (QED) is 0.532. The van der Waals surface area contributed by atoms with Crippen LogP contribution in [-0.2, 0) is 0 Å². The van der Waals surface area contributed by atoms with Crippen molar-refractivity contribution in [3.8, 4) is 0 Å². The molecule has 0 N–H and O–H groups in total. The van der Waals surface area contributed by atoms with Crippen molar-refractivity contribution in [3.05, 3.63) is 0 Å². The summed E-state index contributed by atoms with van der Waals surface area (Å²) in [5.74, 6) is 0.912. The van der Waals surface area contributed by atoms with Gasteiger partial charge in [0.2, 0.25) is 0 Å². The standard InChI is InChI=1S/C18H36BrN/c1-6-10-18(14-19,11-7-2)15-20-12-8-16(9-13-20)17(3,4)5/h16H,6-15H2,1-5H3. The van der Waals surface area contributed by atoms with Crippen LogP contribution in [-0.4, -0.2) is 29.9 Å². The lowest BCUT2D eigenvalue weighted by Gasteiger charge is -2.43. The molecule has 0 amide bonds. The van der Waals surface area contributed by atoms with Gasteiger partial charge in [0.05, 0.1) is 0 Å². The van der Waals surface area contributed by atoms with E-state index in [1.807, 2.05) is 0 Å². The van der Waals surface area contributed by atoms with E-state index in [9.17, 15) is 0 Å². The lowest BCUT2D eigenvalue weighted by molar-refractivity contribution is 0.0745. The predicted molar refractivity (Wildman–Crippen MR) is 94.7 cm³/mol. The lowest BCUT2D eigenvalue weighted by atomic mass is 9.74. The number of hydrogen-bond acceptors (Lipinski definition) is 1. The average Bonchev–Trinajstić information content (AvgIpc) is 2.39. The molecule has 0 aliphatic carbocycles. The Morgan fingerprint density at radius 1 is 1.00 bits per heavy atom. The molecule has 0 spiro atoms. The Balaban J connectivity index is 2.55. The molecule has 0 radical (unpaired) electrons. The molecule has 120 valence electrons. The van der Waals surface area contributed by atoms with Gasteiger partial charge in [-0.05, 0) is 55.5 Å². The number of alkyl halides is 1. The smallest absolute Gasteiger partial charge is 0.0100 e. The summed E-state index contributed by atoms with van der Waals surface area (Å²) in [5.41, 5.74) is 1.00. The second kappa shape index (κ2) is 8.17. The molecule has 20 heavy (non-hydrogen) atoms. The SMILES string of the molecule is CCCC(CBr)(CCC)CN1CCC(C(C)(C)C)CC1. The fourth-order valence-electron chi connectivity index (χ4n) is 3.95. The first kappa shape index (κ1) is 18.5. The molecule has 1 heterocycles. The Hall–Kier alpha value is 0.440. The molecule has 0 saturated carbocycles. The van der Waals surface area contributed by atoms with Crippen molar-refractivity contribution in [1.29, 1.82) is 0 Å². The maximum atomic E-state index is 3.82. The van der Waals surface area contributed by atoms with Gasteiger partial charge in [0.1, 0.15) is 0 Å². The molecule has 0 unspecified atom stereocenters. The molecule has 0 aromatic carbocycles. The number of halogens is 1. The van der Waals surface area contributed by atoms with Crippen LogP contribution in [0.5, 0.6) is 0 Å². The second-order valence-corrected chi connectivity index (χ2v) is 8.61. The van der Waals surface area contributed by atoms with E-state index in [2.05, 4.69) is 55.4 Å². The van der Waals surface area contributed by atoms with Crippen molar-refractivity contribution in [2.75, 3.05) is 25.0 Å². The zero-order valence-corrected chi connectivity index (χ0v) is 16.1. The van der Waals surface area contributed by atoms with Gasteiger partial charge in [-0.1, -0.05) is 63.4 Å². The van der Waals surface area contributed by atoms with Gasteiger partial charge in [-0.25, -0.2) is 0 Å². The molecule has 0 atom stereocenters. The fourth-order valence-corrected chi connectivity index (χ4v) is 4.69. The Morgan fingerprint density at radius 3 is 1.85 bits per heavy atom. The average molecular weight is 346 g/mol. The highest BCUT2D eigenvalue weighted by atomic mass is 79.9. The van der Waals surface area contributed by atoms with Crippen molar-refractivity contribution < 1.29 is 0 Å². The predicted octanol–water partition coefficient (Wildman–Crippen LogP) is 5.73. The van der Waals surface area contributed by atoms with E-state index in [1.54, 1.807) is 0 Å². The molecule has 1 aliphatic rings. The normalized spacial score (nSPS) is 19.5. The Kier molecular flexibility index (Phi) is 7.56. The molecular weight excluding hydrogens is 310 g/mol. The van der Waals surface area contributed by atoms with E-state index in [0.717, 1.165) is 5.92 Å². The van der Waals surface area contributed by atoms with Crippen LogP contribution >= 0.6 is 15.9 Å². The summed E-state index contributed by atoms with van der Waals surface area (Å²) in [7, 11) is 0. The summed E-state index contributed by atoms with van der Waals surface area (Å²) in [6, 6.07) is 0. The minimum Gasteiger partial charge on any atom is -0.303 e. The van der Waals surface area contributed by atoms with Crippen LogP contribution < -0.4 is 0 Å². The zero-order chi connectivity index (χ0) is 15.2. The number of piperidine rings is 1. The summed E-state index contributed by atoms with van der Waals surface area (Å²) in [6.45, 7) is 15.8. The van der Waals surface area contributed by atoms with Crippen LogP contribution in [0.25, 0.3) is 0 Å². The first-order chi connectivity index (χ1) is 9.37. The van der Waals surface area contributed by atoms with Gasteiger partial charge in [0.15, 0.2) is 0 Å². The largest absolute Gasteiger partial charge is 0.303 e. The van der Waals surface area contributed by atoms with Gasteiger partial charge in [-0.3, -0.25) is 0 Å². The monoisotopic (exact) mass is 345 g/mol. The lowest BCUT2D eigenvalue weighted by Crippen LogP contribution is -2.44. The van der Waals surface area contributed by atoms with Crippen LogP contribution in [0.2, 0.25) is 0 Å². The third-order valence-electron chi connectivity index (χ3n) is 5.22. The van der Waals surface area contributed by atoms with Crippen molar-refractivity contribution in [1.82, 2.24) is 4.90 Å². The highest BCUT2D eigenvalue weighted by Gasteiger charge is 2.33. The molecule has 0 aromatic heterocycles. The van der Waals surface area contributed by atoms with Crippen LogP contribution in [0.4, 0.5) is 0 Å². The molecular formula is C18H36BrN. The van der Waals surface area contributed by atoms with Crippen molar-refractivity contribution >= 4 is 15.9 Å². The van der Waals surface area contributed by atoms with Gasteiger partial charge in [-0.2, -0.15) is 0 Å². The zero-order valence-electron chi connectivity index (χ0n) is 14.5. The third-order valence-corrected chi connectivity index (χ3v) is 6.40. The van der Waals surface area contributed by atoms with Gasteiger partial charge >= 0.3 is 0 Å². The first-order valence-electron chi connectivity index (χ1n) is 8.65. The Labute approximate surface area is 136 Å². The van der Waals surface area contributed by atoms with Gasteiger partial charge in [0.25, 0.3) is 0 Å². The highest BCUT2D eigenvalue weighted by Crippen LogP contribution is 2.37. The highest BCUT2D eigenvalue weighted by molar-refractivity contribution is 9.09. The molecule has 1 rings (SSSR count). The summed E-state index contributed by atoms with van der Waals surface area (Å²) in [4.78, 5) is 2.74. The minimum absolute atomic E-state index is 0.492. The van der Waals surface area contributed by atoms with Crippen LogP contribution in [0.3, 0.4) is 0 Å². The summed E-state index contributed by atoms with van der Waals surface area (Å²) in [6.07, 6.45) is 8.13. The summed E-state index contributed by atoms with van der Waals surface area (Å²) < 4.78 is 0.